The van der Waals surface area contributed by atoms with Gasteiger partial charge in [0, 0.05) is 18.8 Å². The number of nitrogens with one attached hydrogen (secondary N) is 1. The van der Waals surface area contributed by atoms with Crippen molar-refractivity contribution in [1.82, 2.24) is 15.3 Å². The Morgan fingerprint density at radius 1 is 1.04 bits per heavy atom. The number of nitrogens with zero attached hydrogens (tertiary/aromatic N) is 2. The molecule has 26 heavy (non-hydrogen) atoms. The number of aromatic nitrogens is 2. The summed E-state index contributed by atoms with van der Waals surface area (Å²) in [7, 11) is 0. The van der Waals surface area contributed by atoms with Crippen LogP contribution in [-0.2, 0) is 6.54 Å². The second-order valence-electron chi connectivity index (χ2n) is 5.59. The van der Waals surface area contributed by atoms with E-state index in [4.69, 9.17) is 4.74 Å². The minimum Gasteiger partial charge on any atom is -0.439 e. The highest BCUT2D eigenvalue weighted by atomic mass is 32.1. The second-order valence-corrected chi connectivity index (χ2v) is 6.62. The Morgan fingerprint density at radius 3 is 2.77 bits per heavy atom. The highest BCUT2D eigenvalue weighted by Crippen LogP contribution is 2.22. The van der Waals surface area contributed by atoms with Crippen LogP contribution < -0.4 is 10.1 Å². The van der Waals surface area contributed by atoms with E-state index in [1.54, 1.807) is 12.3 Å². The molecule has 0 fully saturated rings. The number of hydrogen-bond donors (Lipinski definition) is 1. The third kappa shape index (κ3) is 3.70. The van der Waals surface area contributed by atoms with E-state index in [-0.39, 0.29) is 5.91 Å². The molecule has 0 atom stereocenters. The van der Waals surface area contributed by atoms with Crippen molar-refractivity contribution in [3.05, 3.63) is 83.5 Å². The maximum atomic E-state index is 12.4. The van der Waals surface area contributed by atoms with Gasteiger partial charge in [0.15, 0.2) is 5.01 Å². The van der Waals surface area contributed by atoms with Gasteiger partial charge in [-0.15, -0.1) is 11.3 Å². The molecule has 4 rings (SSSR count). The van der Waals surface area contributed by atoms with Gasteiger partial charge < -0.3 is 10.1 Å². The minimum atomic E-state index is -0.178. The molecule has 6 heteroatoms. The molecule has 0 saturated carbocycles. The van der Waals surface area contributed by atoms with E-state index >= 15 is 0 Å². The van der Waals surface area contributed by atoms with Crippen LogP contribution in [0, 0.1) is 0 Å². The monoisotopic (exact) mass is 361 g/mol. The number of carbonyl (C=O) groups excluding carboxylic acids is 1. The smallest absolute Gasteiger partial charge is 0.280 e. The van der Waals surface area contributed by atoms with Crippen LogP contribution in [0.1, 0.15) is 15.4 Å². The first-order chi connectivity index (χ1) is 12.8. The lowest BCUT2D eigenvalue weighted by atomic mass is 10.2. The molecule has 0 spiro atoms. The number of carbonyl (C=O) groups is 1. The van der Waals surface area contributed by atoms with Gasteiger partial charge in [-0.2, -0.15) is 0 Å². The molecule has 1 N–H and O–H groups in total. The predicted octanol–water partition coefficient (Wildman–Crippen LogP) is 4.41. The van der Waals surface area contributed by atoms with Crippen molar-refractivity contribution in [3.8, 4) is 11.6 Å². The zero-order chi connectivity index (χ0) is 17.8. The highest BCUT2D eigenvalue weighted by molar-refractivity contribution is 7.20. The van der Waals surface area contributed by atoms with Crippen molar-refractivity contribution in [2.45, 2.75) is 6.54 Å². The van der Waals surface area contributed by atoms with Gasteiger partial charge >= 0.3 is 0 Å². The Morgan fingerprint density at radius 2 is 1.92 bits per heavy atom. The standard InChI is InChI=1S/C20H15N3O2S/c24-19(20-23-16-8-1-2-9-17(16)26-20)22-13-14-6-5-7-15(12-14)25-18-10-3-4-11-21-18/h1-12H,13H2,(H,22,24). The minimum absolute atomic E-state index is 0.178. The number of para-hydroxylation sites is 1. The quantitative estimate of drug-likeness (QED) is 0.572. The van der Waals surface area contributed by atoms with Gasteiger partial charge in [0.1, 0.15) is 5.75 Å². The number of pyridine rings is 1. The van der Waals surface area contributed by atoms with Gasteiger partial charge in [0.25, 0.3) is 5.91 Å². The molecule has 0 bridgehead atoms. The van der Waals surface area contributed by atoms with E-state index in [0.717, 1.165) is 15.8 Å². The van der Waals surface area contributed by atoms with Gasteiger partial charge in [0.05, 0.1) is 10.2 Å². The van der Waals surface area contributed by atoms with Crippen LogP contribution in [0.5, 0.6) is 11.6 Å². The lowest BCUT2D eigenvalue weighted by molar-refractivity contribution is 0.0950. The molecule has 0 saturated heterocycles. The topological polar surface area (TPSA) is 64.1 Å². The fraction of sp³-hybridized carbons (Fsp3) is 0.0500. The van der Waals surface area contributed by atoms with Crippen LogP contribution in [0.25, 0.3) is 10.2 Å². The first kappa shape index (κ1) is 16.2. The van der Waals surface area contributed by atoms with E-state index in [2.05, 4.69) is 15.3 Å². The first-order valence-electron chi connectivity index (χ1n) is 8.09. The van der Waals surface area contributed by atoms with Crippen LogP contribution in [-0.4, -0.2) is 15.9 Å². The summed E-state index contributed by atoms with van der Waals surface area (Å²) < 4.78 is 6.72. The van der Waals surface area contributed by atoms with E-state index in [9.17, 15) is 4.79 Å². The van der Waals surface area contributed by atoms with Gasteiger partial charge in [-0.1, -0.05) is 30.3 Å². The van der Waals surface area contributed by atoms with Crippen LogP contribution in [0.3, 0.4) is 0 Å². The number of benzene rings is 2. The van der Waals surface area contributed by atoms with Gasteiger partial charge in [-0.25, -0.2) is 9.97 Å². The maximum Gasteiger partial charge on any atom is 0.280 e. The fourth-order valence-corrected chi connectivity index (χ4v) is 3.36. The molecule has 2 aromatic carbocycles. The number of amides is 1. The summed E-state index contributed by atoms with van der Waals surface area (Å²) in [5.41, 5.74) is 1.78. The van der Waals surface area contributed by atoms with Crippen molar-refractivity contribution in [2.75, 3.05) is 0 Å². The van der Waals surface area contributed by atoms with Crippen molar-refractivity contribution in [3.63, 3.8) is 0 Å². The number of thiazole rings is 1. The van der Waals surface area contributed by atoms with E-state index < -0.39 is 0 Å². The number of fused-ring (bicyclic) bond motifs is 1. The molecular formula is C20H15N3O2S. The zero-order valence-corrected chi connectivity index (χ0v) is 14.6. The summed E-state index contributed by atoms with van der Waals surface area (Å²) in [6.07, 6.45) is 1.68. The van der Waals surface area contributed by atoms with Crippen molar-refractivity contribution in [2.24, 2.45) is 0 Å². The summed E-state index contributed by atoms with van der Waals surface area (Å²) >= 11 is 1.39. The molecule has 5 nitrogen and oxygen atoms in total. The molecule has 2 heterocycles. The number of hydrogen-bond acceptors (Lipinski definition) is 5. The average Bonchev–Trinajstić information content (AvgIpc) is 3.12. The molecule has 2 aromatic heterocycles. The van der Waals surface area contributed by atoms with Crippen molar-refractivity contribution >= 4 is 27.5 Å². The van der Waals surface area contributed by atoms with Crippen LogP contribution in [0.2, 0.25) is 0 Å². The predicted molar refractivity (Wildman–Crippen MR) is 102 cm³/mol. The van der Waals surface area contributed by atoms with Gasteiger partial charge in [-0.3, -0.25) is 4.79 Å². The zero-order valence-electron chi connectivity index (χ0n) is 13.8. The van der Waals surface area contributed by atoms with E-state index in [1.165, 1.54) is 11.3 Å². The Hall–Kier alpha value is -3.25. The summed E-state index contributed by atoms with van der Waals surface area (Å²) in [5.74, 6) is 1.03. The lowest BCUT2D eigenvalue weighted by Gasteiger charge is -2.07. The average molecular weight is 361 g/mol. The molecule has 0 radical (unpaired) electrons. The first-order valence-corrected chi connectivity index (χ1v) is 8.91. The Bertz CT molecular complexity index is 1010. The number of rotatable bonds is 5. The normalized spacial score (nSPS) is 10.6. The van der Waals surface area contributed by atoms with Gasteiger partial charge in [0.2, 0.25) is 5.88 Å². The Balaban J connectivity index is 1.42. The molecule has 0 aliphatic carbocycles. The molecule has 0 aliphatic rings. The number of ether oxygens (including phenoxy) is 1. The summed E-state index contributed by atoms with van der Waals surface area (Å²) in [6, 6.07) is 20.8. The summed E-state index contributed by atoms with van der Waals surface area (Å²) in [4.78, 5) is 20.9. The molecule has 0 aliphatic heterocycles. The molecule has 1 amide bonds. The van der Waals surface area contributed by atoms with Crippen LogP contribution >= 0.6 is 11.3 Å². The molecular weight excluding hydrogens is 346 g/mol. The Kier molecular flexibility index (Phi) is 4.57. The largest absolute Gasteiger partial charge is 0.439 e. The maximum absolute atomic E-state index is 12.4. The van der Waals surface area contributed by atoms with Crippen LogP contribution in [0.4, 0.5) is 0 Å². The highest BCUT2D eigenvalue weighted by Gasteiger charge is 2.11. The van der Waals surface area contributed by atoms with Crippen molar-refractivity contribution in [1.29, 1.82) is 0 Å². The van der Waals surface area contributed by atoms with Crippen molar-refractivity contribution < 1.29 is 9.53 Å². The molecule has 4 aromatic rings. The fourth-order valence-electron chi connectivity index (χ4n) is 2.47. The third-order valence-electron chi connectivity index (χ3n) is 3.70. The van der Waals surface area contributed by atoms with E-state index in [1.807, 2.05) is 60.7 Å². The summed E-state index contributed by atoms with van der Waals surface area (Å²) in [5, 5.41) is 3.37. The second kappa shape index (κ2) is 7.33. The Labute approximate surface area is 154 Å². The van der Waals surface area contributed by atoms with E-state index in [0.29, 0.717) is 23.2 Å². The molecule has 0 unspecified atom stereocenters. The lowest BCUT2D eigenvalue weighted by Crippen LogP contribution is -2.22. The molecule has 128 valence electrons. The van der Waals surface area contributed by atoms with Gasteiger partial charge in [-0.05, 0) is 35.9 Å². The SMILES string of the molecule is O=C(NCc1cccc(Oc2ccccn2)c1)c1nc2ccccc2s1. The summed E-state index contributed by atoms with van der Waals surface area (Å²) in [6.45, 7) is 0.397. The van der Waals surface area contributed by atoms with Crippen LogP contribution in [0.15, 0.2) is 72.9 Å². The third-order valence-corrected chi connectivity index (χ3v) is 4.73.